The van der Waals surface area contributed by atoms with Crippen LogP contribution in [0.25, 0.3) is 0 Å². The average molecular weight is 439 g/mol. The van der Waals surface area contributed by atoms with Gasteiger partial charge in [0, 0.05) is 29.4 Å². The number of rotatable bonds is 6. The van der Waals surface area contributed by atoms with Gasteiger partial charge in [0.25, 0.3) is 5.91 Å². The molecule has 0 fully saturated rings. The highest BCUT2D eigenvalue weighted by Gasteiger charge is 2.38. The second kappa shape index (κ2) is 9.14. The van der Waals surface area contributed by atoms with Crippen molar-refractivity contribution in [1.29, 1.82) is 0 Å². The molecule has 0 aromatic heterocycles. The number of amides is 1. The molecule has 168 valence electrons. The Balaban J connectivity index is 1.44. The van der Waals surface area contributed by atoms with Crippen LogP contribution in [0.15, 0.2) is 84.9 Å². The number of ether oxygens (including phenoxy) is 1. The second-order valence-corrected chi connectivity index (χ2v) is 8.66. The van der Waals surface area contributed by atoms with E-state index in [1.54, 1.807) is 0 Å². The molecule has 3 aromatic rings. The van der Waals surface area contributed by atoms with Gasteiger partial charge in [-0.25, -0.2) is 0 Å². The van der Waals surface area contributed by atoms with Crippen molar-refractivity contribution in [3.8, 4) is 5.75 Å². The second-order valence-electron chi connectivity index (χ2n) is 8.66. The summed E-state index contributed by atoms with van der Waals surface area (Å²) in [4.78, 5) is 15.2. The molecule has 0 saturated carbocycles. The van der Waals surface area contributed by atoms with Crippen molar-refractivity contribution in [2.75, 3.05) is 23.4 Å². The lowest BCUT2D eigenvalue weighted by Gasteiger charge is -2.38. The lowest BCUT2D eigenvalue weighted by atomic mass is 9.76. The van der Waals surface area contributed by atoms with E-state index in [4.69, 9.17) is 4.74 Å². The number of hydrogen-bond acceptors (Lipinski definition) is 3. The lowest BCUT2D eigenvalue weighted by Crippen LogP contribution is -2.32. The molecule has 0 radical (unpaired) electrons. The number of carbonyl (C=O) groups is 1. The maximum atomic E-state index is 13.4. The molecule has 3 atom stereocenters. The SMILES string of the molecule is CCOc1ccc(C2Nc3ccc(C(=O)N(CC)c4ccccc4)cc3C3C=CCC32)cc1. The van der Waals surface area contributed by atoms with Gasteiger partial charge in [0.05, 0.1) is 12.6 Å². The number of hydrogen-bond donors (Lipinski definition) is 1. The Morgan fingerprint density at radius 3 is 2.55 bits per heavy atom. The summed E-state index contributed by atoms with van der Waals surface area (Å²) in [5, 5.41) is 3.77. The summed E-state index contributed by atoms with van der Waals surface area (Å²) < 4.78 is 5.62. The van der Waals surface area contributed by atoms with Gasteiger partial charge in [0.1, 0.15) is 5.75 Å². The van der Waals surface area contributed by atoms with Gasteiger partial charge in [-0.1, -0.05) is 42.5 Å². The first-order chi connectivity index (χ1) is 16.2. The minimum absolute atomic E-state index is 0.0404. The number of allylic oxidation sites excluding steroid dienone is 2. The van der Waals surface area contributed by atoms with Crippen LogP contribution in [0, 0.1) is 5.92 Å². The Hall–Kier alpha value is -3.53. The zero-order valence-electron chi connectivity index (χ0n) is 19.2. The number of anilines is 2. The summed E-state index contributed by atoms with van der Waals surface area (Å²) in [6.07, 6.45) is 5.62. The molecule has 1 amide bonds. The van der Waals surface area contributed by atoms with E-state index in [0.29, 0.717) is 25.0 Å². The number of benzene rings is 3. The highest BCUT2D eigenvalue weighted by Crippen LogP contribution is 2.50. The van der Waals surface area contributed by atoms with Crippen LogP contribution in [0.5, 0.6) is 5.75 Å². The van der Waals surface area contributed by atoms with E-state index in [-0.39, 0.29) is 11.9 Å². The van der Waals surface area contributed by atoms with Crippen LogP contribution in [-0.4, -0.2) is 19.1 Å². The van der Waals surface area contributed by atoms with Gasteiger partial charge in [0.2, 0.25) is 0 Å². The fourth-order valence-electron chi connectivity index (χ4n) is 5.20. The molecular formula is C29H30N2O2. The number of nitrogens with zero attached hydrogens (tertiary/aromatic N) is 1. The van der Waals surface area contributed by atoms with Crippen molar-refractivity contribution >= 4 is 17.3 Å². The first-order valence-electron chi connectivity index (χ1n) is 11.9. The molecule has 1 N–H and O–H groups in total. The fourth-order valence-corrected chi connectivity index (χ4v) is 5.20. The van der Waals surface area contributed by atoms with E-state index < -0.39 is 0 Å². The zero-order chi connectivity index (χ0) is 22.8. The summed E-state index contributed by atoms with van der Waals surface area (Å²) in [6, 6.07) is 24.7. The van der Waals surface area contributed by atoms with Crippen molar-refractivity contribution in [3.63, 3.8) is 0 Å². The molecule has 0 spiro atoms. The summed E-state index contributed by atoms with van der Waals surface area (Å²) in [7, 11) is 0. The summed E-state index contributed by atoms with van der Waals surface area (Å²) >= 11 is 0. The van der Waals surface area contributed by atoms with Crippen LogP contribution in [0.2, 0.25) is 0 Å². The number of carbonyl (C=O) groups excluding carboxylic acids is 1. The van der Waals surface area contributed by atoms with Gasteiger partial charge >= 0.3 is 0 Å². The van der Waals surface area contributed by atoms with Gasteiger partial charge < -0.3 is 15.0 Å². The molecule has 1 aliphatic heterocycles. The third kappa shape index (κ3) is 4.02. The predicted molar refractivity (Wildman–Crippen MR) is 134 cm³/mol. The first-order valence-corrected chi connectivity index (χ1v) is 11.9. The maximum Gasteiger partial charge on any atom is 0.258 e. The van der Waals surface area contributed by atoms with Crippen LogP contribution in [0.3, 0.4) is 0 Å². The summed E-state index contributed by atoms with van der Waals surface area (Å²) in [6.45, 7) is 5.32. The highest BCUT2D eigenvalue weighted by molar-refractivity contribution is 6.06. The topological polar surface area (TPSA) is 41.6 Å². The lowest BCUT2D eigenvalue weighted by molar-refractivity contribution is 0.0988. The largest absolute Gasteiger partial charge is 0.494 e. The Morgan fingerprint density at radius 2 is 1.82 bits per heavy atom. The molecule has 5 rings (SSSR count). The van der Waals surface area contributed by atoms with Crippen LogP contribution < -0.4 is 15.0 Å². The van der Waals surface area contributed by atoms with E-state index in [0.717, 1.165) is 29.1 Å². The number of nitrogens with one attached hydrogen (secondary N) is 1. The Bertz CT molecular complexity index is 1150. The minimum atomic E-state index is 0.0404. The molecule has 1 aliphatic carbocycles. The van der Waals surface area contributed by atoms with Crippen molar-refractivity contribution in [2.24, 2.45) is 5.92 Å². The van der Waals surface area contributed by atoms with E-state index in [1.807, 2.05) is 55.1 Å². The molecule has 0 bridgehead atoms. The number of fused-ring (bicyclic) bond motifs is 3. The van der Waals surface area contributed by atoms with E-state index in [2.05, 4.69) is 53.9 Å². The van der Waals surface area contributed by atoms with Crippen molar-refractivity contribution in [3.05, 3.63) is 102 Å². The monoisotopic (exact) mass is 438 g/mol. The molecule has 1 heterocycles. The Labute approximate surface area is 195 Å². The molecule has 3 aromatic carbocycles. The minimum Gasteiger partial charge on any atom is -0.494 e. The highest BCUT2D eigenvalue weighted by atomic mass is 16.5. The molecule has 4 nitrogen and oxygen atoms in total. The first kappa shape index (κ1) is 21.3. The van der Waals surface area contributed by atoms with Gasteiger partial charge in [0.15, 0.2) is 0 Å². The fraction of sp³-hybridized carbons (Fsp3) is 0.276. The van der Waals surface area contributed by atoms with E-state index in [9.17, 15) is 4.79 Å². The van der Waals surface area contributed by atoms with Gasteiger partial charge in [-0.3, -0.25) is 4.79 Å². The smallest absolute Gasteiger partial charge is 0.258 e. The Kier molecular flexibility index (Phi) is 5.91. The quantitative estimate of drug-likeness (QED) is 0.442. The molecule has 2 aliphatic rings. The maximum absolute atomic E-state index is 13.4. The van der Waals surface area contributed by atoms with Gasteiger partial charge in [-0.15, -0.1) is 0 Å². The van der Waals surface area contributed by atoms with E-state index in [1.165, 1.54) is 11.1 Å². The van der Waals surface area contributed by atoms with Crippen molar-refractivity contribution < 1.29 is 9.53 Å². The predicted octanol–water partition coefficient (Wildman–Crippen LogP) is 6.58. The van der Waals surface area contributed by atoms with Crippen LogP contribution in [0.4, 0.5) is 11.4 Å². The third-order valence-electron chi connectivity index (χ3n) is 6.79. The third-order valence-corrected chi connectivity index (χ3v) is 6.79. The van der Waals surface area contributed by atoms with Crippen LogP contribution in [0.1, 0.15) is 53.7 Å². The molecule has 4 heteroatoms. The zero-order valence-corrected chi connectivity index (χ0v) is 19.2. The standard InChI is InChI=1S/C29H30N2O2/c1-3-31(22-9-6-5-7-10-22)29(32)21-15-18-27-26(19-21)24-11-8-12-25(24)28(30-27)20-13-16-23(17-14-20)33-4-2/h5-11,13-19,24-25,28,30H,3-4,12H2,1-2H3. The van der Waals surface area contributed by atoms with Crippen LogP contribution >= 0.6 is 0 Å². The van der Waals surface area contributed by atoms with E-state index >= 15 is 0 Å². The summed E-state index contributed by atoms with van der Waals surface area (Å²) in [5.41, 5.74) is 5.26. The van der Waals surface area contributed by atoms with Crippen molar-refractivity contribution in [1.82, 2.24) is 0 Å². The molecule has 33 heavy (non-hydrogen) atoms. The molecule has 3 unspecified atom stereocenters. The molecule has 0 saturated heterocycles. The van der Waals surface area contributed by atoms with Crippen molar-refractivity contribution in [2.45, 2.75) is 32.2 Å². The summed E-state index contributed by atoms with van der Waals surface area (Å²) in [5.74, 6) is 1.67. The van der Waals surface area contributed by atoms with Gasteiger partial charge in [-0.2, -0.15) is 0 Å². The van der Waals surface area contributed by atoms with Crippen LogP contribution in [-0.2, 0) is 0 Å². The molecular weight excluding hydrogens is 408 g/mol. The normalized spacial score (nSPS) is 20.5. The Morgan fingerprint density at radius 1 is 1.03 bits per heavy atom. The average Bonchev–Trinajstić information content (AvgIpc) is 3.35. The van der Waals surface area contributed by atoms with Gasteiger partial charge in [-0.05, 0) is 79.8 Å². The number of para-hydroxylation sites is 1.